The van der Waals surface area contributed by atoms with Crippen molar-refractivity contribution in [2.45, 2.75) is 71.3 Å². The predicted molar refractivity (Wildman–Crippen MR) is 127 cm³/mol. The summed E-state index contributed by atoms with van der Waals surface area (Å²) >= 11 is 1.69. The van der Waals surface area contributed by atoms with Gasteiger partial charge in [0.25, 0.3) is 0 Å². The summed E-state index contributed by atoms with van der Waals surface area (Å²) in [5.74, 6) is 1.37. The summed E-state index contributed by atoms with van der Waals surface area (Å²) in [4.78, 5) is 30.2. The number of fused-ring (bicyclic) bond motifs is 3. The van der Waals surface area contributed by atoms with E-state index in [1.54, 1.807) is 17.7 Å². The van der Waals surface area contributed by atoms with Crippen LogP contribution in [0.2, 0.25) is 0 Å². The van der Waals surface area contributed by atoms with E-state index in [0.717, 1.165) is 70.7 Å². The van der Waals surface area contributed by atoms with Gasteiger partial charge in [-0.3, -0.25) is 4.79 Å². The number of carbonyl (C=O) groups is 1. The lowest BCUT2D eigenvalue weighted by atomic mass is 9.95. The molecule has 4 heterocycles. The molecule has 2 fully saturated rings. The van der Waals surface area contributed by atoms with E-state index in [9.17, 15) is 4.79 Å². The average molecular weight is 438 g/mol. The Balaban J connectivity index is 1.31. The number of aryl methyl sites for hydroxylation is 2. The SMILES string of the molecule is Cc1cc(C)c2c(n1)sc1c(N3CCC(C(=O)NC4CCCCCC4)CC3)ncnc12. The van der Waals surface area contributed by atoms with E-state index in [1.165, 1.54) is 31.2 Å². The monoisotopic (exact) mass is 437 g/mol. The quantitative estimate of drug-likeness (QED) is 0.590. The Bertz CT molecular complexity index is 1090. The van der Waals surface area contributed by atoms with E-state index >= 15 is 0 Å². The fourth-order valence-corrected chi connectivity index (χ4v) is 6.49. The van der Waals surface area contributed by atoms with E-state index in [1.807, 2.05) is 6.92 Å². The molecular formula is C24H31N5OS. The Morgan fingerprint density at radius 1 is 1.06 bits per heavy atom. The summed E-state index contributed by atoms with van der Waals surface area (Å²) in [5.41, 5.74) is 3.25. The van der Waals surface area contributed by atoms with Crippen molar-refractivity contribution in [3.63, 3.8) is 0 Å². The molecule has 2 aliphatic rings. The van der Waals surface area contributed by atoms with Crippen molar-refractivity contribution in [1.82, 2.24) is 20.3 Å². The Kier molecular flexibility index (Phi) is 5.78. The summed E-state index contributed by atoms with van der Waals surface area (Å²) in [5, 5.41) is 4.50. The van der Waals surface area contributed by atoms with Crippen molar-refractivity contribution in [2.24, 2.45) is 5.92 Å². The number of amides is 1. The predicted octanol–water partition coefficient (Wildman–Crippen LogP) is 4.91. The molecule has 0 bridgehead atoms. The Morgan fingerprint density at radius 3 is 2.55 bits per heavy atom. The molecule has 3 aromatic rings. The number of nitrogens with one attached hydrogen (secondary N) is 1. The zero-order valence-electron chi connectivity index (χ0n) is 18.5. The molecule has 6 nitrogen and oxygen atoms in total. The molecule has 1 saturated carbocycles. The highest BCUT2D eigenvalue weighted by molar-refractivity contribution is 7.26. The van der Waals surface area contributed by atoms with Crippen LogP contribution in [-0.2, 0) is 4.79 Å². The van der Waals surface area contributed by atoms with Gasteiger partial charge in [0.1, 0.15) is 17.0 Å². The van der Waals surface area contributed by atoms with Gasteiger partial charge in [0.2, 0.25) is 5.91 Å². The van der Waals surface area contributed by atoms with Crippen molar-refractivity contribution < 1.29 is 4.79 Å². The summed E-state index contributed by atoms with van der Waals surface area (Å²) in [7, 11) is 0. The van der Waals surface area contributed by atoms with Crippen LogP contribution in [0.15, 0.2) is 12.4 Å². The third kappa shape index (κ3) is 4.12. The van der Waals surface area contributed by atoms with Gasteiger partial charge in [0.05, 0.1) is 10.2 Å². The molecule has 1 aliphatic carbocycles. The number of anilines is 1. The second kappa shape index (κ2) is 8.69. The smallest absolute Gasteiger partial charge is 0.223 e. The number of pyridine rings is 1. The first-order valence-corrected chi connectivity index (χ1v) is 12.5. The molecule has 0 atom stereocenters. The number of carbonyl (C=O) groups excluding carboxylic acids is 1. The summed E-state index contributed by atoms with van der Waals surface area (Å²) < 4.78 is 1.11. The fourth-order valence-electron chi connectivity index (χ4n) is 5.22. The van der Waals surface area contributed by atoms with Crippen LogP contribution in [0.1, 0.15) is 62.6 Å². The van der Waals surface area contributed by atoms with Crippen molar-refractivity contribution in [2.75, 3.05) is 18.0 Å². The van der Waals surface area contributed by atoms with E-state index in [0.29, 0.717) is 6.04 Å². The van der Waals surface area contributed by atoms with Gasteiger partial charge in [0.15, 0.2) is 0 Å². The normalized spacial score (nSPS) is 19.1. The minimum absolute atomic E-state index is 0.116. The molecule has 1 saturated heterocycles. The molecule has 7 heteroatoms. The molecule has 31 heavy (non-hydrogen) atoms. The van der Waals surface area contributed by atoms with E-state index in [-0.39, 0.29) is 11.8 Å². The number of aromatic nitrogens is 3. The Hall–Kier alpha value is -2.28. The van der Waals surface area contributed by atoms with E-state index in [4.69, 9.17) is 4.98 Å². The lowest BCUT2D eigenvalue weighted by Crippen LogP contribution is -2.44. The largest absolute Gasteiger partial charge is 0.355 e. The third-order valence-corrected chi connectivity index (χ3v) is 7.97. The van der Waals surface area contributed by atoms with Gasteiger partial charge in [-0.25, -0.2) is 15.0 Å². The number of thiophene rings is 1. The van der Waals surface area contributed by atoms with Crippen LogP contribution in [0.25, 0.3) is 20.4 Å². The summed E-state index contributed by atoms with van der Waals surface area (Å²) in [6.07, 6.45) is 10.8. The molecule has 0 unspecified atom stereocenters. The highest BCUT2D eigenvalue weighted by atomic mass is 32.1. The number of nitrogens with zero attached hydrogens (tertiary/aromatic N) is 4. The van der Waals surface area contributed by atoms with E-state index < -0.39 is 0 Å². The van der Waals surface area contributed by atoms with Crippen LogP contribution in [-0.4, -0.2) is 40.0 Å². The van der Waals surface area contributed by atoms with Crippen LogP contribution in [0.4, 0.5) is 5.82 Å². The molecule has 0 spiro atoms. The maximum absolute atomic E-state index is 12.9. The molecular weight excluding hydrogens is 406 g/mol. The molecule has 164 valence electrons. The maximum atomic E-state index is 12.9. The van der Waals surface area contributed by atoms with Crippen molar-refractivity contribution in [3.8, 4) is 0 Å². The molecule has 0 radical (unpaired) electrons. The zero-order chi connectivity index (χ0) is 21.4. The Labute approximate surface area is 187 Å². The first-order chi connectivity index (χ1) is 15.1. The van der Waals surface area contributed by atoms with Crippen molar-refractivity contribution >= 4 is 43.5 Å². The lowest BCUT2D eigenvalue weighted by molar-refractivity contribution is -0.126. The number of rotatable bonds is 3. The Morgan fingerprint density at radius 2 is 1.81 bits per heavy atom. The standard InChI is InChI=1S/C24H31N5OS/c1-15-13-16(2)27-24-19(15)20-21(31-24)22(26-14-25-20)29-11-9-17(10-12-29)23(30)28-18-7-5-3-4-6-8-18/h13-14,17-18H,3-12H2,1-2H3,(H,28,30). The summed E-state index contributed by atoms with van der Waals surface area (Å²) in [6.45, 7) is 5.88. The highest BCUT2D eigenvalue weighted by Gasteiger charge is 2.28. The van der Waals surface area contributed by atoms with Gasteiger partial charge >= 0.3 is 0 Å². The molecule has 5 rings (SSSR count). The minimum Gasteiger partial charge on any atom is -0.355 e. The molecule has 3 aromatic heterocycles. The maximum Gasteiger partial charge on any atom is 0.223 e. The molecule has 0 aromatic carbocycles. The highest BCUT2D eigenvalue weighted by Crippen LogP contribution is 2.38. The third-order valence-electron chi connectivity index (χ3n) is 6.90. The number of hydrogen-bond acceptors (Lipinski definition) is 6. The van der Waals surface area contributed by atoms with Gasteiger partial charge in [-0.1, -0.05) is 25.7 Å². The second-order valence-electron chi connectivity index (χ2n) is 9.20. The van der Waals surface area contributed by atoms with Gasteiger partial charge in [-0.05, 0) is 51.2 Å². The molecule has 1 amide bonds. The van der Waals surface area contributed by atoms with Crippen LogP contribution in [0, 0.1) is 19.8 Å². The van der Waals surface area contributed by atoms with Gasteiger partial charge < -0.3 is 10.2 Å². The fraction of sp³-hybridized carbons (Fsp3) is 0.583. The number of hydrogen-bond donors (Lipinski definition) is 1. The average Bonchev–Trinajstić information content (AvgIpc) is 2.95. The minimum atomic E-state index is 0.116. The van der Waals surface area contributed by atoms with Crippen LogP contribution in [0.3, 0.4) is 0 Å². The van der Waals surface area contributed by atoms with Gasteiger partial charge in [-0.2, -0.15) is 0 Å². The van der Waals surface area contributed by atoms with Crippen molar-refractivity contribution in [1.29, 1.82) is 0 Å². The van der Waals surface area contributed by atoms with Crippen LogP contribution < -0.4 is 10.2 Å². The summed E-state index contributed by atoms with van der Waals surface area (Å²) in [6, 6.07) is 2.50. The first kappa shape index (κ1) is 20.6. The second-order valence-corrected chi connectivity index (χ2v) is 10.2. The van der Waals surface area contributed by atoms with Gasteiger partial charge in [0, 0.05) is 36.1 Å². The zero-order valence-corrected chi connectivity index (χ0v) is 19.3. The number of piperidine rings is 1. The van der Waals surface area contributed by atoms with E-state index in [2.05, 4.69) is 33.2 Å². The van der Waals surface area contributed by atoms with Crippen molar-refractivity contribution in [3.05, 3.63) is 23.7 Å². The lowest BCUT2D eigenvalue weighted by Gasteiger charge is -2.33. The molecule has 1 N–H and O–H groups in total. The van der Waals surface area contributed by atoms with Gasteiger partial charge in [-0.15, -0.1) is 11.3 Å². The van der Waals surface area contributed by atoms with Crippen LogP contribution in [0.5, 0.6) is 0 Å². The topological polar surface area (TPSA) is 71.0 Å². The van der Waals surface area contributed by atoms with Crippen LogP contribution >= 0.6 is 11.3 Å². The first-order valence-electron chi connectivity index (χ1n) is 11.7. The molecule has 1 aliphatic heterocycles.